The third-order valence-electron chi connectivity index (χ3n) is 2.48. The van der Waals surface area contributed by atoms with Gasteiger partial charge in [0.05, 0.1) is 0 Å². The molecule has 0 spiro atoms. The summed E-state index contributed by atoms with van der Waals surface area (Å²) in [6, 6.07) is 19.0. The topological polar surface area (TPSA) is 0 Å². The van der Waals surface area contributed by atoms with Crippen molar-refractivity contribution >= 4 is 20.8 Å². The Labute approximate surface area is 99.5 Å². The van der Waals surface area contributed by atoms with Crippen molar-refractivity contribution in [2.24, 2.45) is 0 Å². The maximum Gasteiger partial charge on any atom is 0.111 e. The summed E-state index contributed by atoms with van der Waals surface area (Å²) in [4.78, 5) is 0. The number of rotatable bonds is 3. The minimum Gasteiger partial charge on any atom is -0.0927 e. The molecule has 2 aromatic carbocycles. The van der Waals surface area contributed by atoms with Gasteiger partial charge in [-0.15, -0.1) is 0 Å². The Morgan fingerprint density at radius 3 is 2.31 bits per heavy atom. The molecule has 0 atom stereocenters. The van der Waals surface area contributed by atoms with Gasteiger partial charge in [0.15, 0.2) is 0 Å². The maximum absolute atomic E-state index is 2.25. The van der Waals surface area contributed by atoms with Gasteiger partial charge < -0.3 is 0 Å². The summed E-state index contributed by atoms with van der Waals surface area (Å²) >= 11 is 0. The lowest BCUT2D eigenvalue weighted by molar-refractivity contribution is 1.45. The normalized spacial score (nSPS) is 10.8. The molecule has 0 heterocycles. The third-order valence-corrected chi connectivity index (χ3v) is 3.48. The molecule has 2 rings (SSSR count). The van der Waals surface area contributed by atoms with Crippen molar-refractivity contribution in [3.8, 4) is 0 Å². The zero-order valence-electron chi connectivity index (χ0n) is 9.35. The number of benzene rings is 2. The third kappa shape index (κ3) is 2.94. The summed E-state index contributed by atoms with van der Waals surface area (Å²) in [5, 5.41) is 1.38. The first kappa shape index (κ1) is 10.9. The predicted octanol–water partition coefficient (Wildman–Crippen LogP) is 3.00. The second-order valence-corrected chi connectivity index (χ2v) is 4.90. The minimum atomic E-state index is 0.746. The largest absolute Gasteiger partial charge is 0.111 e. The Hall–Kier alpha value is -1.60. The number of aryl methyl sites for hydroxylation is 1. The van der Waals surface area contributed by atoms with Crippen molar-refractivity contribution < 1.29 is 0 Å². The van der Waals surface area contributed by atoms with Crippen LogP contribution >= 0.6 is 0 Å². The van der Waals surface area contributed by atoms with Crippen molar-refractivity contribution in [3.05, 3.63) is 71.4 Å². The Morgan fingerprint density at radius 1 is 0.875 bits per heavy atom. The van der Waals surface area contributed by atoms with Crippen LogP contribution in [0.4, 0.5) is 0 Å². The zero-order chi connectivity index (χ0) is 11.2. The van der Waals surface area contributed by atoms with Crippen LogP contribution in [0.5, 0.6) is 0 Å². The van der Waals surface area contributed by atoms with Crippen LogP contribution in [0.3, 0.4) is 0 Å². The molecule has 0 amide bonds. The van der Waals surface area contributed by atoms with E-state index in [0.29, 0.717) is 0 Å². The summed E-state index contributed by atoms with van der Waals surface area (Å²) in [6.07, 6.45) is 2.21. The van der Waals surface area contributed by atoms with Gasteiger partial charge in [-0.2, -0.15) is 0 Å². The predicted molar refractivity (Wildman–Crippen MR) is 72.0 cm³/mol. The van der Waals surface area contributed by atoms with Crippen LogP contribution < -0.4 is 5.19 Å². The molecular formula is C15H14Si. The minimum absolute atomic E-state index is 0.746. The summed E-state index contributed by atoms with van der Waals surface area (Å²) in [6.45, 7) is 2.14. The van der Waals surface area contributed by atoms with Gasteiger partial charge in [0.25, 0.3) is 0 Å². The molecule has 1 heteroatoms. The highest BCUT2D eigenvalue weighted by Gasteiger charge is 1.91. The van der Waals surface area contributed by atoms with Gasteiger partial charge in [-0.05, 0) is 18.1 Å². The molecule has 0 fully saturated rings. The lowest BCUT2D eigenvalue weighted by Crippen LogP contribution is -2.10. The fourth-order valence-corrected chi connectivity index (χ4v) is 2.38. The van der Waals surface area contributed by atoms with E-state index in [1.807, 2.05) is 0 Å². The summed E-state index contributed by atoms with van der Waals surface area (Å²) in [5.74, 6) is 0. The summed E-state index contributed by atoms with van der Waals surface area (Å²) in [7, 11) is 0.746. The van der Waals surface area contributed by atoms with Gasteiger partial charge in [-0.25, -0.2) is 0 Å². The fourth-order valence-electron chi connectivity index (χ4n) is 1.54. The molecular weight excluding hydrogens is 208 g/mol. The molecule has 2 aromatic rings. The van der Waals surface area contributed by atoms with Gasteiger partial charge in [0.2, 0.25) is 0 Å². The van der Waals surface area contributed by atoms with Gasteiger partial charge in [-0.3, -0.25) is 0 Å². The van der Waals surface area contributed by atoms with Gasteiger partial charge in [0.1, 0.15) is 9.52 Å². The molecule has 0 aliphatic rings. The van der Waals surface area contributed by atoms with Crippen molar-refractivity contribution in [2.75, 3.05) is 0 Å². The van der Waals surface area contributed by atoms with Crippen LogP contribution in [0.1, 0.15) is 11.1 Å². The molecule has 78 valence electrons. The van der Waals surface area contributed by atoms with E-state index in [0.717, 1.165) is 9.52 Å². The molecule has 0 bridgehead atoms. The van der Waals surface area contributed by atoms with E-state index < -0.39 is 0 Å². The fraction of sp³-hybridized carbons (Fsp3) is 0.0667. The average molecular weight is 222 g/mol. The highest BCUT2D eigenvalue weighted by Crippen LogP contribution is 2.08. The smallest absolute Gasteiger partial charge is 0.0927 e. The van der Waals surface area contributed by atoms with Gasteiger partial charge in [-0.1, -0.05) is 71.6 Å². The highest BCUT2D eigenvalue weighted by molar-refractivity contribution is 6.59. The number of hydrogen-bond donors (Lipinski definition) is 0. The Morgan fingerprint density at radius 2 is 1.56 bits per heavy atom. The standard InChI is InChI=1S/C15H14Si/c1-13-7-5-6-8-14(13)11-12-16-15-9-3-2-4-10-15/h2-12H,1H3/b12-11+. The van der Waals surface area contributed by atoms with Gasteiger partial charge >= 0.3 is 0 Å². The molecule has 2 radical (unpaired) electrons. The Bertz CT molecular complexity index is 472. The second kappa shape index (κ2) is 5.47. The van der Waals surface area contributed by atoms with Crippen LogP contribution in [-0.2, 0) is 0 Å². The van der Waals surface area contributed by atoms with Crippen LogP contribution in [0.25, 0.3) is 6.08 Å². The molecule has 0 nitrogen and oxygen atoms in total. The van der Waals surface area contributed by atoms with E-state index in [4.69, 9.17) is 0 Å². The average Bonchev–Trinajstić information content (AvgIpc) is 2.33. The first-order valence-corrected chi connectivity index (χ1v) is 6.48. The lowest BCUT2D eigenvalue weighted by atomic mass is 10.1. The first-order valence-electron chi connectivity index (χ1n) is 5.40. The van der Waals surface area contributed by atoms with E-state index >= 15 is 0 Å². The SMILES string of the molecule is Cc1ccccc1/C=C/[Si]c1ccccc1. The molecule has 0 saturated carbocycles. The van der Waals surface area contributed by atoms with E-state index in [9.17, 15) is 0 Å². The highest BCUT2D eigenvalue weighted by atomic mass is 28.2. The van der Waals surface area contributed by atoms with Crippen LogP contribution in [0.15, 0.2) is 60.3 Å². The molecule has 0 aliphatic heterocycles. The molecule has 0 aliphatic carbocycles. The molecule has 0 N–H and O–H groups in total. The van der Waals surface area contributed by atoms with E-state index in [1.165, 1.54) is 16.3 Å². The quantitative estimate of drug-likeness (QED) is 0.700. The van der Waals surface area contributed by atoms with E-state index in [-0.39, 0.29) is 0 Å². The Kier molecular flexibility index (Phi) is 3.73. The maximum atomic E-state index is 2.25. The molecule has 0 aromatic heterocycles. The Balaban J connectivity index is 2.03. The molecule has 16 heavy (non-hydrogen) atoms. The summed E-state index contributed by atoms with van der Waals surface area (Å²) < 4.78 is 0. The number of hydrogen-bond acceptors (Lipinski definition) is 0. The van der Waals surface area contributed by atoms with E-state index in [2.05, 4.69) is 73.3 Å². The van der Waals surface area contributed by atoms with Crippen molar-refractivity contribution in [2.45, 2.75) is 6.92 Å². The molecule has 0 saturated heterocycles. The molecule has 0 unspecified atom stereocenters. The van der Waals surface area contributed by atoms with Crippen molar-refractivity contribution in [1.82, 2.24) is 0 Å². The first-order chi connectivity index (χ1) is 7.86. The lowest BCUT2D eigenvalue weighted by Gasteiger charge is -1.98. The van der Waals surface area contributed by atoms with Crippen molar-refractivity contribution in [3.63, 3.8) is 0 Å². The second-order valence-electron chi connectivity index (χ2n) is 3.70. The monoisotopic (exact) mass is 222 g/mol. The van der Waals surface area contributed by atoms with Crippen LogP contribution in [-0.4, -0.2) is 9.52 Å². The van der Waals surface area contributed by atoms with E-state index in [1.54, 1.807) is 0 Å². The van der Waals surface area contributed by atoms with Crippen molar-refractivity contribution in [1.29, 1.82) is 0 Å². The van der Waals surface area contributed by atoms with Crippen LogP contribution in [0, 0.1) is 6.92 Å². The summed E-state index contributed by atoms with van der Waals surface area (Å²) in [5.41, 5.74) is 4.89. The van der Waals surface area contributed by atoms with Crippen LogP contribution in [0.2, 0.25) is 0 Å². The zero-order valence-corrected chi connectivity index (χ0v) is 10.4. The van der Waals surface area contributed by atoms with Gasteiger partial charge in [0, 0.05) is 0 Å².